The van der Waals surface area contributed by atoms with Crippen LogP contribution in [0.25, 0.3) is 0 Å². The van der Waals surface area contributed by atoms with Gasteiger partial charge in [-0.05, 0) is 42.5 Å². The number of aliphatic carboxylic acids is 1. The van der Waals surface area contributed by atoms with Crippen molar-refractivity contribution in [3.63, 3.8) is 0 Å². The highest BCUT2D eigenvalue weighted by Crippen LogP contribution is 2.30. The molecule has 1 aromatic rings. The molecule has 1 aromatic carbocycles. The highest BCUT2D eigenvalue weighted by molar-refractivity contribution is 14.1. The van der Waals surface area contributed by atoms with Gasteiger partial charge in [-0.15, -0.1) is 0 Å². The van der Waals surface area contributed by atoms with E-state index in [9.17, 15) is 14.9 Å². The molecule has 0 aliphatic carbocycles. The molecule has 6 nitrogen and oxygen atoms in total. The zero-order chi connectivity index (χ0) is 14.1. The third-order valence-electron chi connectivity index (χ3n) is 2.87. The van der Waals surface area contributed by atoms with Gasteiger partial charge in [0.1, 0.15) is 5.54 Å². The van der Waals surface area contributed by atoms with Gasteiger partial charge in [-0.1, -0.05) is 0 Å². The predicted molar refractivity (Wildman–Crippen MR) is 75.9 cm³/mol. The van der Waals surface area contributed by atoms with E-state index < -0.39 is 16.4 Å². The quantitative estimate of drug-likeness (QED) is 0.504. The van der Waals surface area contributed by atoms with Crippen LogP contribution in [0.15, 0.2) is 18.2 Å². The van der Waals surface area contributed by atoms with Crippen LogP contribution in [0.3, 0.4) is 0 Å². The number of carbonyl (C=O) groups is 1. The third-order valence-corrected chi connectivity index (χ3v) is 3.73. The van der Waals surface area contributed by atoms with E-state index in [4.69, 9.17) is 5.11 Å². The Labute approximate surface area is 118 Å². The molecule has 7 heteroatoms. The highest BCUT2D eigenvalue weighted by Gasteiger charge is 2.33. The molecule has 0 unspecified atom stereocenters. The summed E-state index contributed by atoms with van der Waals surface area (Å²) in [6, 6.07) is 4.35. The molecule has 1 N–H and O–H groups in total. The van der Waals surface area contributed by atoms with Crippen LogP contribution in [-0.2, 0) is 4.79 Å². The molecule has 0 atom stereocenters. The van der Waals surface area contributed by atoms with Crippen LogP contribution < -0.4 is 4.90 Å². The number of hydrogen-bond donors (Lipinski definition) is 1. The SMILES string of the molecule is CN(c1ccc([N+](=O)[O-])cc1I)C(C)(C)C(=O)O. The van der Waals surface area contributed by atoms with Crippen LogP contribution in [0.5, 0.6) is 0 Å². The summed E-state index contributed by atoms with van der Waals surface area (Å²) in [5, 5.41) is 19.8. The van der Waals surface area contributed by atoms with Crippen LogP contribution in [-0.4, -0.2) is 28.6 Å². The molecule has 0 aromatic heterocycles. The van der Waals surface area contributed by atoms with Gasteiger partial charge in [0, 0.05) is 22.8 Å². The fourth-order valence-corrected chi connectivity index (χ4v) is 2.19. The summed E-state index contributed by atoms with van der Waals surface area (Å²) in [5.74, 6) is -0.959. The van der Waals surface area contributed by atoms with Crippen molar-refractivity contribution in [2.45, 2.75) is 19.4 Å². The first-order chi connectivity index (χ1) is 8.17. The molecule has 0 saturated heterocycles. The van der Waals surface area contributed by atoms with Gasteiger partial charge in [0.2, 0.25) is 0 Å². The molecule has 0 amide bonds. The van der Waals surface area contributed by atoms with Crippen molar-refractivity contribution in [1.29, 1.82) is 0 Å². The molecule has 0 aliphatic rings. The standard InChI is InChI=1S/C11H13IN2O4/c1-11(2,10(15)16)13(3)9-5-4-7(14(17)18)6-8(9)12/h4-6H,1-3H3,(H,15,16). The molecule has 0 bridgehead atoms. The monoisotopic (exact) mass is 364 g/mol. The average molecular weight is 364 g/mol. The van der Waals surface area contributed by atoms with Crippen LogP contribution in [0.1, 0.15) is 13.8 Å². The number of carboxylic acid groups (broad SMARTS) is 1. The Bertz CT molecular complexity index is 502. The zero-order valence-electron chi connectivity index (χ0n) is 10.2. The Morgan fingerprint density at radius 3 is 2.44 bits per heavy atom. The van der Waals surface area contributed by atoms with E-state index in [1.54, 1.807) is 31.9 Å². The Morgan fingerprint density at radius 1 is 1.50 bits per heavy atom. The Balaban J connectivity index is 3.19. The summed E-state index contributed by atoms with van der Waals surface area (Å²) in [4.78, 5) is 22.9. The zero-order valence-corrected chi connectivity index (χ0v) is 12.3. The molecule has 0 fully saturated rings. The van der Waals surface area contributed by atoms with Crippen LogP contribution in [0.2, 0.25) is 0 Å². The van der Waals surface area contributed by atoms with Crippen LogP contribution in [0.4, 0.5) is 11.4 Å². The number of anilines is 1. The second-order valence-electron chi connectivity index (χ2n) is 4.32. The number of nitro groups is 1. The van der Waals surface area contributed by atoms with Gasteiger partial charge >= 0.3 is 5.97 Å². The lowest BCUT2D eigenvalue weighted by Crippen LogP contribution is -2.48. The number of likely N-dealkylation sites (N-methyl/N-ethyl adjacent to an activating group) is 1. The predicted octanol–water partition coefficient (Wildman–Crippen LogP) is 2.50. The smallest absolute Gasteiger partial charge is 0.328 e. The van der Waals surface area contributed by atoms with Gasteiger partial charge in [0.15, 0.2) is 0 Å². The van der Waals surface area contributed by atoms with Gasteiger partial charge in [-0.2, -0.15) is 0 Å². The fourth-order valence-electron chi connectivity index (χ4n) is 1.33. The van der Waals surface area contributed by atoms with Gasteiger partial charge < -0.3 is 10.0 Å². The van der Waals surface area contributed by atoms with Crippen LogP contribution in [0, 0.1) is 13.7 Å². The van der Waals surface area contributed by atoms with E-state index in [1.165, 1.54) is 12.1 Å². The summed E-state index contributed by atoms with van der Waals surface area (Å²) in [5.41, 5.74) is -0.450. The first-order valence-corrected chi connectivity index (χ1v) is 6.17. The van der Waals surface area contributed by atoms with Gasteiger partial charge in [-0.3, -0.25) is 10.1 Å². The van der Waals surface area contributed by atoms with Crippen molar-refractivity contribution in [1.82, 2.24) is 0 Å². The second kappa shape index (κ2) is 5.09. The number of benzene rings is 1. The first kappa shape index (κ1) is 14.7. The fraction of sp³-hybridized carbons (Fsp3) is 0.364. The van der Waals surface area contributed by atoms with E-state index >= 15 is 0 Å². The number of halogens is 1. The first-order valence-electron chi connectivity index (χ1n) is 5.09. The van der Waals surface area contributed by atoms with E-state index in [0.29, 0.717) is 9.26 Å². The van der Waals surface area contributed by atoms with Crippen molar-refractivity contribution < 1.29 is 14.8 Å². The minimum Gasteiger partial charge on any atom is -0.480 e. The minimum absolute atomic E-state index is 0.00955. The van der Waals surface area contributed by atoms with Crippen molar-refractivity contribution >= 4 is 39.9 Å². The molecule has 0 saturated carbocycles. The molecule has 1 rings (SSSR count). The normalized spacial score (nSPS) is 11.1. The maximum Gasteiger partial charge on any atom is 0.328 e. The molecule has 0 spiro atoms. The van der Waals surface area contributed by atoms with E-state index in [-0.39, 0.29) is 5.69 Å². The average Bonchev–Trinajstić information content (AvgIpc) is 2.27. The number of non-ortho nitro benzene ring substituents is 1. The third kappa shape index (κ3) is 2.71. The van der Waals surface area contributed by atoms with E-state index in [2.05, 4.69) is 0 Å². The van der Waals surface area contributed by atoms with Gasteiger partial charge in [0.25, 0.3) is 5.69 Å². The maximum absolute atomic E-state index is 11.2. The number of carboxylic acids is 1. The number of hydrogen-bond acceptors (Lipinski definition) is 4. The van der Waals surface area contributed by atoms with Crippen LogP contribution >= 0.6 is 22.6 Å². The highest BCUT2D eigenvalue weighted by atomic mass is 127. The lowest BCUT2D eigenvalue weighted by molar-refractivity contribution is -0.384. The molecule has 0 radical (unpaired) electrons. The van der Waals surface area contributed by atoms with Crippen molar-refractivity contribution in [2.75, 3.05) is 11.9 Å². The van der Waals surface area contributed by atoms with E-state index in [0.717, 1.165) is 0 Å². The maximum atomic E-state index is 11.2. The molecule has 0 aliphatic heterocycles. The summed E-state index contributed by atoms with van der Waals surface area (Å²) in [6.07, 6.45) is 0. The van der Waals surface area contributed by atoms with Gasteiger partial charge in [-0.25, -0.2) is 4.79 Å². The summed E-state index contributed by atoms with van der Waals surface area (Å²) in [6.45, 7) is 3.15. The molecule has 0 heterocycles. The van der Waals surface area contributed by atoms with Crippen molar-refractivity contribution in [3.05, 3.63) is 31.9 Å². The largest absolute Gasteiger partial charge is 0.480 e. The molecule has 98 valence electrons. The Morgan fingerprint density at radius 2 is 2.06 bits per heavy atom. The molecular weight excluding hydrogens is 351 g/mol. The summed E-state index contributed by atoms with van der Waals surface area (Å²) in [7, 11) is 1.65. The van der Waals surface area contributed by atoms with Gasteiger partial charge in [0.05, 0.1) is 10.6 Å². The lowest BCUT2D eigenvalue weighted by Gasteiger charge is -2.34. The Kier molecular flexibility index (Phi) is 4.15. The Hall–Kier alpha value is -1.38. The number of nitro benzene ring substituents is 1. The number of rotatable bonds is 4. The summed E-state index contributed by atoms with van der Waals surface area (Å²) < 4.78 is 0.638. The topological polar surface area (TPSA) is 83.7 Å². The second-order valence-corrected chi connectivity index (χ2v) is 5.48. The summed E-state index contributed by atoms with van der Waals surface area (Å²) >= 11 is 1.96. The molecule has 18 heavy (non-hydrogen) atoms. The lowest BCUT2D eigenvalue weighted by atomic mass is 10.0. The van der Waals surface area contributed by atoms with E-state index in [1.807, 2.05) is 22.6 Å². The van der Waals surface area contributed by atoms with Crippen molar-refractivity contribution in [2.24, 2.45) is 0 Å². The minimum atomic E-state index is -1.09. The number of nitrogens with zero attached hydrogens (tertiary/aromatic N) is 2. The van der Waals surface area contributed by atoms with Crippen molar-refractivity contribution in [3.8, 4) is 0 Å². The molecular formula is C11H13IN2O4.